The fourth-order valence-electron chi connectivity index (χ4n) is 4.48. The average molecular weight is 387 g/mol. The molecular formula is C22H17N3O4. The lowest BCUT2D eigenvalue weighted by Gasteiger charge is -2.30. The zero-order valence-electron chi connectivity index (χ0n) is 15.3. The third-order valence-electron chi connectivity index (χ3n) is 5.69. The Bertz CT molecular complexity index is 1090. The van der Waals surface area contributed by atoms with Gasteiger partial charge in [0.2, 0.25) is 0 Å². The maximum atomic E-state index is 13.5. The van der Waals surface area contributed by atoms with Crippen LogP contribution in [0.3, 0.4) is 0 Å². The van der Waals surface area contributed by atoms with Crippen LogP contribution in [0.2, 0.25) is 0 Å². The van der Waals surface area contributed by atoms with Crippen LogP contribution in [0.15, 0.2) is 82.5 Å². The predicted octanol–water partition coefficient (Wildman–Crippen LogP) is 3.66. The summed E-state index contributed by atoms with van der Waals surface area (Å²) in [5.74, 6) is -0.554. The molecule has 0 spiro atoms. The molecule has 0 saturated carbocycles. The van der Waals surface area contributed by atoms with Gasteiger partial charge in [0, 0.05) is 16.1 Å². The Morgan fingerprint density at radius 1 is 1.03 bits per heavy atom. The van der Waals surface area contributed by atoms with Gasteiger partial charge in [0.25, 0.3) is 6.04 Å². The van der Waals surface area contributed by atoms with Crippen molar-refractivity contribution in [1.82, 2.24) is 5.01 Å². The molecule has 5 rings (SSSR count). The van der Waals surface area contributed by atoms with E-state index in [0.717, 1.165) is 11.1 Å². The van der Waals surface area contributed by atoms with Crippen molar-refractivity contribution in [3.05, 3.63) is 106 Å². The van der Waals surface area contributed by atoms with E-state index in [4.69, 9.17) is 4.42 Å². The summed E-state index contributed by atoms with van der Waals surface area (Å²) in [5, 5.41) is 18.3. The van der Waals surface area contributed by atoms with Crippen molar-refractivity contribution >= 4 is 12.0 Å². The van der Waals surface area contributed by atoms with Crippen LogP contribution in [-0.2, 0) is 0 Å². The quantitative estimate of drug-likeness (QED) is 0.387. The molecule has 0 aliphatic carbocycles. The van der Waals surface area contributed by atoms with E-state index in [9.17, 15) is 14.9 Å². The van der Waals surface area contributed by atoms with E-state index in [1.807, 2.05) is 30.3 Å². The number of carbonyl (C=O) groups is 1. The molecular weight excluding hydrogens is 370 g/mol. The Kier molecular flexibility index (Phi) is 4.01. The Morgan fingerprint density at radius 2 is 1.79 bits per heavy atom. The normalized spacial score (nSPS) is 24.8. The van der Waals surface area contributed by atoms with E-state index in [2.05, 4.69) is 5.10 Å². The molecule has 1 saturated heterocycles. The smallest absolute Gasteiger partial charge is 0.251 e. The summed E-state index contributed by atoms with van der Waals surface area (Å²) in [6, 6.07) is 17.1. The maximum Gasteiger partial charge on any atom is 0.251 e. The lowest BCUT2D eigenvalue weighted by Crippen LogP contribution is -2.38. The third kappa shape index (κ3) is 2.66. The lowest BCUT2D eigenvalue weighted by molar-refractivity contribution is -0.529. The molecule has 0 N–H and O–H groups in total. The summed E-state index contributed by atoms with van der Waals surface area (Å²) in [4.78, 5) is 25.5. The van der Waals surface area contributed by atoms with Gasteiger partial charge >= 0.3 is 0 Å². The van der Waals surface area contributed by atoms with Crippen molar-refractivity contribution in [1.29, 1.82) is 0 Å². The van der Waals surface area contributed by atoms with Gasteiger partial charge in [-0.3, -0.25) is 19.9 Å². The Balaban J connectivity index is 1.70. The van der Waals surface area contributed by atoms with E-state index in [0.29, 0.717) is 11.3 Å². The molecule has 7 nitrogen and oxygen atoms in total. The first-order chi connectivity index (χ1) is 14.2. The van der Waals surface area contributed by atoms with Gasteiger partial charge in [0.05, 0.1) is 12.5 Å². The molecule has 2 aliphatic heterocycles. The number of furan rings is 1. The van der Waals surface area contributed by atoms with Gasteiger partial charge in [-0.2, -0.15) is 5.10 Å². The van der Waals surface area contributed by atoms with Gasteiger partial charge in [0.15, 0.2) is 5.78 Å². The number of Topliss-reactive ketones (excluding diaryl/α,β-unsaturated/α-hetero) is 1. The van der Waals surface area contributed by atoms with Crippen molar-refractivity contribution in [2.24, 2.45) is 5.10 Å². The van der Waals surface area contributed by atoms with Crippen LogP contribution in [0.5, 0.6) is 0 Å². The number of benzene rings is 2. The molecule has 29 heavy (non-hydrogen) atoms. The van der Waals surface area contributed by atoms with Crippen molar-refractivity contribution in [2.75, 3.05) is 0 Å². The standard InChI is InChI=1S/C22H17N3O4/c26-22(14-7-2-1-3-8-14)21-18(17-11-6-12-29-17)20(25(27)28)19-16-10-5-4-9-15(16)13-23-24(19)21/h1-13,18-21H/t18-,19-,20-,21+/m1/s1. The topological polar surface area (TPSA) is 88.9 Å². The maximum absolute atomic E-state index is 13.5. The number of nitrogens with zero attached hydrogens (tertiary/aromatic N) is 3. The van der Waals surface area contributed by atoms with Crippen LogP contribution in [0.1, 0.15) is 39.2 Å². The number of carbonyl (C=O) groups excluding carboxylic acids is 1. The van der Waals surface area contributed by atoms with E-state index < -0.39 is 24.0 Å². The highest BCUT2D eigenvalue weighted by atomic mass is 16.6. The molecule has 3 heterocycles. The highest BCUT2D eigenvalue weighted by Crippen LogP contribution is 2.49. The summed E-state index contributed by atoms with van der Waals surface area (Å²) in [7, 11) is 0. The molecule has 2 aliphatic rings. The lowest BCUT2D eigenvalue weighted by atomic mass is 9.85. The molecule has 3 aromatic rings. The first-order valence-corrected chi connectivity index (χ1v) is 9.34. The summed E-state index contributed by atoms with van der Waals surface area (Å²) < 4.78 is 5.57. The minimum absolute atomic E-state index is 0.210. The number of hydrogen-bond donors (Lipinski definition) is 0. The van der Waals surface area contributed by atoms with Crippen LogP contribution in [0, 0.1) is 10.1 Å². The van der Waals surface area contributed by atoms with Gasteiger partial charge in [-0.1, -0.05) is 54.6 Å². The fraction of sp³-hybridized carbons (Fsp3) is 0.182. The van der Waals surface area contributed by atoms with Crippen LogP contribution < -0.4 is 0 Å². The summed E-state index contributed by atoms with van der Waals surface area (Å²) in [6.45, 7) is 0. The Morgan fingerprint density at radius 3 is 2.52 bits per heavy atom. The molecule has 144 valence electrons. The fourth-order valence-corrected chi connectivity index (χ4v) is 4.48. The Hall–Kier alpha value is -3.74. The number of hydrazone groups is 1. The molecule has 2 aromatic carbocycles. The van der Waals surface area contributed by atoms with Crippen molar-refractivity contribution < 1.29 is 14.1 Å². The number of fused-ring (bicyclic) bond motifs is 3. The first kappa shape index (κ1) is 17.4. The molecule has 0 bridgehead atoms. The molecule has 1 fully saturated rings. The second kappa shape index (κ2) is 6.70. The monoisotopic (exact) mass is 387 g/mol. The van der Waals surface area contributed by atoms with Gasteiger partial charge in [0.1, 0.15) is 23.8 Å². The highest BCUT2D eigenvalue weighted by Gasteiger charge is 2.61. The zero-order valence-corrected chi connectivity index (χ0v) is 15.3. The highest BCUT2D eigenvalue weighted by molar-refractivity contribution is 6.01. The zero-order chi connectivity index (χ0) is 20.0. The molecule has 7 heteroatoms. The van der Waals surface area contributed by atoms with Crippen LogP contribution in [0.25, 0.3) is 0 Å². The SMILES string of the molecule is O=C(c1ccccc1)[C@@H]1[C@H](c2ccco2)[C@@H]([N+](=O)[O-])[C@H]2c3ccccc3C=NN12. The average Bonchev–Trinajstić information content (AvgIpc) is 3.39. The first-order valence-electron chi connectivity index (χ1n) is 9.34. The van der Waals surface area contributed by atoms with Crippen LogP contribution in [-0.4, -0.2) is 34.0 Å². The van der Waals surface area contributed by atoms with E-state index in [1.165, 1.54) is 6.26 Å². The summed E-state index contributed by atoms with van der Waals surface area (Å²) in [6.07, 6.45) is 3.14. The second-order valence-corrected chi connectivity index (χ2v) is 7.19. The van der Waals surface area contributed by atoms with Gasteiger partial charge < -0.3 is 4.42 Å². The van der Waals surface area contributed by atoms with Gasteiger partial charge in [-0.05, 0) is 17.7 Å². The number of nitro groups is 1. The largest absolute Gasteiger partial charge is 0.469 e. The third-order valence-corrected chi connectivity index (χ3v) is 5.69. The summed E-state index contributed by atoms with van der Waals surface area (Å²) >= 11 is 0. The minimum Gasteiger partial charge on any atom is -0.469 e. The van der Waals surface area contributed by atoms with E-state index in [1.54, 1.807) is 47.6 Å². The molecule has 1 aromatic heterocycles. The van der Waals surface area contributed by atoms with E-state index in [-0.39, 0.29) is 10.7 Å². The molecule has 0 radical (unpaired) electrons. The van der Waals surface area contributed by atoms with Crippen molar-refractivity contribution in [3.63, 3.8) is 0 Å². The van der Waals surface area contributed by atoms with Crippen LogP contribution >= 0.6 is 0 Å². The minimum atomic E-state index is -1.07. The molecule has 4 atom stereocenters. The number of ketones is 1. The van der Waals surface area contributed by atoms with Crippen molar-refractivity contribution in [2.45, 2.75) is 24.0 Å². The Labute approximate surface area is 166 Å². The molecule has 0 amide bonds. The summed E-state index contributed by atoms with van der Waals surface area (Å²) in [5.41, 5.74) is 2.11. The number of hydrogen-bond acceptors (Lipinski definition) is 6. The molecule has 0 unspecified atom stereocenters. The predicted molar refractivity (Wildman–Crippen MR) is 105 cm³/mol. The van der Waals surface area contributed by atoms with Gasteiger partial charge in [-0.15, -0.1) is 0 Å². The van der Waals surface area contributed by atoms with Crippen molar-refractivity contribution in [3.8, 4) is 0 Å². The van der Waals surface area contributed by atoms with Crippen LogP contribution in [0.4, 0.5) is 0 Å². The number of rotatable bonds is 4. The second-order valence-electron chi connectivity index (χ2n) is 7.19. The van der Waals surface area contributed by atoms with E-state index >= 15 is 0 Å². The van der Waals surface area contributed by atoms with Gasteiger partial charge in [-0.25, -0.2) is 0 Å².